The molecule has 0 bridgehead atoms. The monoisotopic (exact) mass is 486 g/mol. The van der Waals surface area contributed by atoms with Crippen LogP contribution in [0.4, 0.5) is 20.8 Å². The highest BCUT2D eigenvalue weighted by Gasteiger charge is 2.48. The van der Waals surface area contributed by atoms with Gasteiger partial charge < -0.3 is 19.9 Å². The number of halogens is 1. The Morgan fingerprint density at radius 2 is 2.14 bits per heavy atom. The first-order chi connectivity index (χ1) is 16.7. The first-order valence-electron chi connectivity index (χ1n) is 12.5. The number of nitrogens with zero attached hydrogens (tertiary/aromatic N) is 6. The minimum absolute atomic E-state index is 0.0161. The molecule has 11 heteroatoms. The first-order valence-corrected chi connectivity index (χ1v) is 12.5. The number of aromatic nitrogens is 4. The molecule has 2 aromatic heterocycles. The molecule has 35 heavy (non-hydrogen) atoms. The van der Waals surface area contributed by atoms with Gasteiger partial charge in [0.05, 0.1) is 30.6 Å². The summed E-state index contributed by atoms with van der Waals surface area (Å²) in [4.78, 5) is 28.5. The summed E-state index contributed by atoms with van der Waals surface area (Å²) in [5.41, 5.74) is 1.09. The summed E-state index contributed by atoms with van der Waals surface area (Å²) in [6.07, 6.45) is 3.41. The van der Waals surface area contributed by atoms with E-state index in [4.69, 9.17) is 4.74 Å². The van der Waals surface area contributed by atoms with Crippen LogP contribution in [0.1, 0.15) is 58.7 Å². The third kappa shape index (κ3) is 4.09. The van der Waals surface area contributed by atoms with E-state index in [1.165, 1.54) is 6.42 Å². The lowest BCUT2D eigenvalue weighted by Crippen LogP contribution is -2.62. The van der Waals surface area contributed by atoms with Gasteiger partial charge in [0.15, 0.2) is 17.5 Å². The molecule has 0 aromatic carbocycles. The predicted octanol–water partition coefficient (Wildman–Crippen LogP) is 3.46. The van der Waals surface area contributed by atoms with Gasteiger partial charge in [0.1, 0.15) is 0 Å². The average molecular weight is 487 g/mol. The Morgan fingerprint density at radius 1 is 1.34 bits per heavy atom. The molecule has 190 valence electrons. The molecule has 3 aliphatic rings. The van der Waals surface area contributed by atoms with Crippen LogP contribution in [0.15, 0.2) is 6.20 Å². The number of H-pyrrole nitrogens is 1. The van der Waals surface area contributed by atoms with Gasteiger partial charge in [0.2, 0.25) is 0 Å². The number of fused-ring (bicyclic) bond motifs is 2. The van der Waals surface area contributed by atoms with Crippen LogP contribution >= 0.6 is 0 Å². The number of hydrogen-bond donors (Lipinski definition) is 2. The van der Waals surface area contributed by atoms with E-state index in [9.17, 15) is 9.18 Å². The number of amides is 2. The van der Waals surface area contributed by atoms with Crippen LogP contribution in [0.2, 0.25) is 0 Å². The Balaban J connectivity index is 1.39. The molecule has 0 saturated carbocycles. The van der Waals surface area contributed by atoms with E-state index in [1.807, 2.05) is 25.7 Å². The van der Waals surface area contributed by atoms with Crippen molar-refractivity contribution in [2.24, 2.45) is 5.92 Å². The molecule has 2 atom stereocenters. The SMILES string of the molecule is CCOc1ncc(F)c(Nc2n[nH]c3c2CN(C(=O)N2C[C@@H]4CCCN4CC2C(C)C)C3(C)C)n1. The molecule has 5 rings (SSSR count). The molecule has 0 spiro atoms. The van der Waals surface area contributed by atoms with E-state index in [0.717, 1.165) is 43.5 Å². The average Bonchev–Trinajstić information content (AvgIpc) is 3.50. The number of aromatic amines is 1. The highest BCUT2D eigenvalue weighted by Crippen LogP contribution is 2.42. The van der Waals surface area contributed by atoms with Crippen molar-refractivity contribution in [3.63, 3.8) is 0 Å². The quantitative estimate of drug-likeness (QED) is 0.667. The van der Waals surface area contributed by atoms with Crippen LogP contribution in [0.5, 0.6) is 6.01 Å². The van der Waals surface area contributed by atoms with E-state index in [1.54, 1.807) is 0 Å². The molecular formula is C24H35FN8O2. The van der Waals surface area contributed by atoms with Gasteiger partial charge in [-0.05, 0) is 46.1 Å². The molecule has 3 aliphatic heterocycles. The Kier molecular flexibility index (Phi) is 6.06. The molecule has 2 fully saturated rings. The van der Waals surface area contributed by atoms with Gasteiger partial charge in [-0.3, -0.25) is 10.00 Å². The fourth-order valence-electron chi connectivity index (χ4n) is 5.66. The highest BCUT2D eigenvalue weighted by molar-refractivity contribution is 5.78. The number of urea groups is 1. The summed E-state index contributed by atoms with van der Waals surface area (Å²) in [7, 11) is 0. The maximum atomic E-state index is 14.4. The Labute approximate surface area is 205 Å². The van der Waals surface area contributed by atoms with Gasteiger partial charge in [-0.1, -0.05) is 13.8 Å². The summed E-state index contributed by atoms with van der Waals surface area (Å²) < 4.78 is 19.7. The van der Waals surface area contributed by atoms with Gasteiger partial charge in [0.25, 0.3) is 0 Å². The Bertz CT molecular complexity index is 1100. The van der Waals surface area contributed by atoms with Gasteiger partial charge in [-0.2, -0.15) is 10.1 Å². The molecule has 2 amide bonds. The zero-order valence-electron chi connectivity index (χ0n) is 21.1. The highest BCUT2D eigenvalue weighted by atomic mass is 19.1. The van der Waals surface area contributed by atoms with Crippen molar-refractivity contribution in [3.05, 3.63) is 23.3 Å². The molecule has 2 N–H and O–H groups in total. The summed E-state index contributed by atoms with van der Waals surface area (Å²) in [5.74, 6) is 0.190. The Morgan fingerprint density at radius 3 is 2.89 bits per heavy atom. The van der Waals surface area contributed by atoms with E-state index in [2.05, 4.69) is 49.1 Å². The number of hydrogen-bond acceptors (Lipinski definition) is 7. The number of rotatable bonds is 5. The lowest BCUT2D eigenvalue weighted by molar-refractivity contribution is 0.0252. The predicted molar refractivity (Wildman–Crippen MR) is 129 cm³/mol. The van der Waals surface area contributed by atoms with Crippen molar-refractivity contribution >= 4 is 17.7 Å². The number of piperazine rings is 1. The lowest BCUT2D eigenvalue weighted by Gasteiger charge is -2.48. The Hall–Kier alpha value is -2.95. The zero-order valence-corrected chi connectivity index (χ0v) is 21.1. The van der Waals surface area contributed by atoms with E-state index in [0.29, 0.717) is 30.9 Å². The molecule has 2 aromatic rings. The van der Waals surface area contributed by atoms with Crippen LogP contribution < -0.4 is 10.1 Å². The number of ether oxygens (including phenoxy) is 1. The van der Waals surface area contributed by atoms with Crippen molar-refractivity contribution in [2.75, 3.05) is 31.6 Å². The summed E-state index contributed by atoms with van der Waals surface area (Å²) >= 11 is 0. The second kappa shape index (κ2) is 8.92. The fourth-order valence-corrected chi connectivity index (χ4v) is 5.66. The topological polar surface area (TPSA) is 103 Å². The van der Waals surface area contributed by atoms with Gasteiger partial charge in [-0.15, -0.1) is 0 Å². The molecule has 10 nitrogen and oxygen atoms in total. The van der Waals surface area contributed by atoms with Gasteiger partial charge >= 0.3 is 12.0 Å². The minimum atomic E-state index is -0.607. The largest absolute Gasteiger partial charge is 0.464 e. The van der Waals surface area contributed by atoms with Crippen LogP contribution in [0, 0.1) is 11.7 Å². The first kappa shape index (κ1) is 23.8. The zero-order chi connectivity index (χ0) is 24.9. The maximum Gasteiger partial charge on any atom is 0.321 e. The van der Waals surface area contributed by atoms with Crippen LogP contribution in [-0.2, 0) is 12.1 Å². The summed E-state index contributed by atoms with van der Waals surface area (Å²) in [6, 6.07) is 0.750. The molecule has 2 saturated heterocycles. The molecule has 0 aliphatic carbocycles. The fraction of sp³-hybridized carbons (Fsp3) is 0.667. The molecular weight excluding hydrogens is 451 g/mol. The van der Waals surface area contributed by atoms with E-state index < -0.39 is 11.4 Å². The van der Waals surface area contributed by atoms with Crippen LogP contribution in [-0.4, -0.2) is 79.2 Å². The van der Waals surface area contributed by atoms with E-state index in [-0.39, 0.29) is 23.9 Å². The van der Waals surface area contributed by atoms with Crippen molar-refractivity contribution in [1.29, 1.82) is 0 Å². The normalized spacial score (nSPS) is 23.5. The molecule has 5 heterocycles. The smallest absolute Gasteiger partial charge is 0.321 e. The maximum absolute atomic E-state index is 14.4. The second-order valence-electron chi connectivity index (χ2n) is 10.5. The van der Waals surface area contributed by atoms with Crippen molar-refractivity contribution in [2.45, 2.75) is 71.6 Å². The van der Waals surface area contributed by atoms with Crippen LogP contribution in [0.3, 0.4) is 0 Å². The summed E-state index contributed by atoms with van der Waals surface area (Å²) in [6.45, 7) is 13.8. The molecule has 0 radical (unpaired) electrons. The molecule has 1 unspecified atom stereocenters. The second-order valence-corrected chi connectivity index (χ2v) is 10.5. The third-order valence-corrected chi connectivity index (χ3v) is 7.68. The number of carbonyl (C=O) groups is 1. The van der Waals surface area contributed by atoms with Crippen LogP contribution in [0.25, 0.3) is 0 Å². The van der Waals surface area contributed by atoms with E-state index >= 15 is 0 Å². The number of nitrogens with one attached hydrogen (secondary N) is 2. The number of anilines is 2. The van der Waals surface area contributed by atoms with Crippen molar-refractivity contribution in [3.8, 4) is 6.01 Å². The summed E-state index contributed by atoms with van der Waals surface area (Å²) in [5, 5.41) is 10.4. The van der Waals surface area contributed by atoms with Gasteiger partial charge in [-0.25, -0.2) is 14.2 Å². The van der Waals surface area contributed by atoms with Crippen molar-refractivity contribution < 1.29 is 13.9 Å². The minimum Gasteiger partial charge on any atom is -0.464 e. The number of carbonyl (C=O) groups excluding carboxylic acids is 1. The van der Waals surface area contributed by atoms with Crippen molar-refractivity contribution in [1.82, 2.24) is 34.9 Å². The lowest BCUT2D eigenvalue weighted by atomic mass is 9.97. The standard InChI is InChI=1S/C24H35FN8O2/c1-6-35-22-26-10-17(25)21(28-22)27-20-16-12-33(24(4,5)19(16)29-30-20)23(34)32-11-15-8-7-9-31(15)13-18(32)14(2)3/h10,14-15,18H,6-9,11-13H2,1-5H3,(H2,26,27,28,29,30)/t15-,18?/m0/s1. The van der Waals surface area contributed by atoms with Gasteiger partial charge in [0, 0.05) is 30.7 Å². The third-order valence-electron chi connectivity index (χ3n) is 7.68.